The number of ether oxygens (including phenoxy) is 2. The van der Waals surface area contributed by atoms with E-state index < -0.39 is 32.5 Å². The number of hydrogen-bond acceptors (Lipinski definition) is 6. The van der Waals surface area contributed by atoms with Crippen LogP contribution in [0.5, 0.6) is 0 Å². The number of phosphoric ester groups is 1. The third-order valence-corrected chi connectivity index (χ3v) is 9.27. The normalized spacial score (nSPS) is 12.5. The molecule has 1 atom stereocenters. The molecule has 48 heavy (non-hydrogen) atoms. The first-order chi connectivity index (χ1) is 23.3. The summed E-state index contributed by atoms with van der Waals surface area (Å²) in [6.45, 7) is 3.67. The summed E-state index contributed by atoms with van der Waals surface area (Å²) in [6, 6.07) is 0. The molecule has 0 aromatic carbocycles. The molecule has 0 aliphatic rings. The summed E-state index contributed by atoms with van der Waals surface area (Å²) >= 11 is 0. The molecule has 0 rings (SSSR count). The maximum Gasteiger partial charge on any atom is 0.469 e. The van der Waals surface area contributed by atoms with Crippen molar-refractivity contribution in [3.8, 4) is 0 Å². The Morgan fingerprint density at radius 1 is 0.521 bits per heavy atom. The molecular formula is C39H75O8P. The second-order valence-electron chi connectivity index (χ2n) is 13.6. The lowest BCUT2D eigenvalue weighted by atomic mass is 10.0. The second kappa shape index (κ2) is 35.6. The highest BCUT2D eigenvalue weighted by atomic mass is 31.2. The molecule has 0 aliphatic carbocycles. The quantitative estimate of drug-likeness (QED) is 0.0284. The largest absolute Gasteiger partial charge is 0.469 e. The van der Waals surface area contributed by atoms with E-state index in [-0.39, 0.29) is 19.4 Å². The fraction of sp³-hybridized carbons (Fsp3) is 0.897. The first kappa shape index (κ1) is 46.8. The fourth-order valence-electron chi connectivity index (χ4n) is 5.78. The topological polar surface area (TPSA) is 119 Å². The third-order valence-electron chi connectivity index (χ3n) is 8.78. The van der Waals surface area contributed by atoms with Crippen LogP contribution >= 0.6 is 7.82 Å². The molecule has 0 bridgehead atoms. The molecule has 0 aliphatic heterocycles. The minimum absolute atomic E-state index is 0.216. The first-order valence-corrected chi connectivity index (χ1v) is 21.5. The minimum atomic E-state index is -4.75. The van der Waals surface area contributed by atoms with Gasteiger partial charge < -0.3 is 19.3 Å². The van der Waals surface area contributed by atoms with Gasteiger partial charge in [-0.1, -0.05) is 167 Å². The van der Waals surface area contributed by atoms with Gasteiger partial charge in [-0.05, 0) is 38.5 Å². The Morgan fingerprint density at radius 2 is 0.875 bits per heavy atom. The van der Waals surface area contributed by atoms with Gasteiger partial charge in [-0.2, -0.15) is 0 Å². The fourth-order valence-corrected chi connectivity index (χ4v) is 6.14. The molecule has 0 radical (unpaired) electrons. The number of rotatable bonds is 37. The van der Waals surface area contributed by atoms with Gasteiger partial charge in [0.25, 0.3) is 0 Å². The van der Waals surface area contributed by atoms with Crippen molar-refractivity contribution in [1.29, 1.82) is 0 Å². The Kier molecular flexibility index (Phi) is 34.7. The number of allylic oxidation sites excluding steroid dienone is 2. The van der Waals surface area contributed by atoms with E-state index in [2.05, 4.69) is 30.5 Å². The molecule has 9 heteroatoms. The summed E-state index contributed by atoms with van der Waals surface area (Å²) in [7, 11) is -4.75. The molecule has 0 saturated carbocycles. The molecule has 2 N–H and O–H groups in total. The van der Waals surface area contributed by atoms with E-state index in [1.807, 2.05) is 0 Å². The van der Waals surface area contributed by atoms with Gasteiger partial charge in [-0.25, -0.2) is 4.57 Å². The van der Waals surface area contributed by atoms with Crippen molar-refractivity contribution in [3.05, 3.63) is 12.2 Å². The van der Waals surface area contributed by atoms with Gasteiger partial charge in [0.2, 0.25) is 0 Å². The Hall–Kier alpha value is -1.21. The van der Waals surface area contributed by atoms with Crippen LogP contribution in [-0.4, -0.2) is 41.0 Å². The lowest BCUT2D eigenvalue weighted by molar-refractivity contribution is -0.161. The van der Waals surface area contributed by atoms with Gasteiger partial charge in [0.05, 0.1) is 6.61 Å². The highest BCUT2D eigenvalue weighted by Gasteiger charge is 2.22. The minimum Gasteiger partial charge on any atom is -0.462 e. The van der Waals surface area contributed by atoms with Crippen LogP contribution in [0.2, 0.25) is 0 Å². The van der Waals surface area contributed by atoms with Crippen LogP contribution in [0.1, 0.15) is 206 Å². The van der Waals surface area contributed by atoms with Crippen molar-refractivity contribution in [2.45, 2.75) is 213 Å². The molecule has 8 nitrogen and oxygen atoms in total. The van der Waals surface area contributed by atoms with E-state index in [1.165, 1.54) is 116 Å². The standard InChI is InChI=1S/C39H75O8P/c1-3-5-7-9-11-13-15-17-18-19-20-21-22-24-26-28-30-32-34-39(41)47-37(36-46-48(42,43)44)35-45-38(40)33-31-29-27-25-23-16-14-12-10-8-6-4-2/h12,14,37H,3-11,13,15-36H2,1-2H3,(H2,42,43,44)/b14-12-/t37-/m1/s1. The van der Waals surface area contributed by atoms with Crippen LogP contribution in [0.3, 0.4) is 0 Å². The Balaban J connectivity index is 3.89. The van der Waals surface area contributed by atoms with Gasteiger partial charge in [-0.15, -0.1) is 0 Å². The summed E-state index contributed by atoms with van der Waals surface area (Å²) in [5.74, 6) is -0.886. The van der Waals surface area contributed by atoms with E-state index in [9.17, 15) is 14.2 Å². The highest BCUT2D eigenvalue weighted by Crippen LogP contribution is 2.36. The molecular weight excluding hydrogens is 627 g/mol. The van der Waals surface area contributed by atoms with Crippen LogP contribution in [0.4, 0.5) is 0 Å². The van der Waals surface area contributed by atoms with E-state index in [4.69, 9.17) is 19.3 Å². The molecule has 0 saturated heterocycles. The molecule has 0 fully saturated rings. The molecule has 284 valence electrons. The van der Waals surface area contributed by atoms with Crippen molar-refractivity contribution in [3.63, 3.8) is 0 Å². The zero-order valence-electron chi connectivity index (χ0n) is 31.2. The number of hydrogen-bond donors (Lipinski definition) is 2. The SMILES string of the molecule is CCCCC/C=C\CCCCCCCC(=O)OC[C@H](COP(=O)(O)O)OC(=O)CCCCCCCCCCCCCCCCCCCC. The van der Waals surface area contributed by atoms with E-state index >= 15 is 0 Å². The molecule has 0 spiro atoms. The Bertz CT molecular complexity index is 797. The van der Waals surface area contributed by atoms with Crippen LogP contribution in [-0.2, 0) is 28.2 Å². The van der Waals surface area contributed by atoms with Crippen LogP contribution in [0.15, 0.2) is 12.2 Å². The molecule has 0 heterocycles. The van der Waals surface area contributed by atoms with Gasteiger partial charge in [0.15, 0.2) is 6.10 Å². The first-order valence-electron chi connectivity index (χ1n) is 20.0. The molecule has 0 amide bonds. The number of carbonyl (C=O) groups excluding carboxylic acids is 2. The maximum absolute atomic E-state index is 12.4. The Labute approximate surface area is 295 Å². The summed E-state index contributed by atoms with van der Waals surface area (Å²) < 4.78 is 26.3. The van der Waals surface area contributed by atoms with Crippen LogP contribution in [0.25, 0.3) is 0 Å². The zero-order chi connectivity index (χ0) is 35.4. The zero-order valence-corrected chi connectivity index (χ0v) is 32.0. The second-order valence-corrected chi connectivity index (χ2v) is 14.9. The lowest BCUT2D eigenvalue weighted by Crippen LogP contribution is -2.29. The Morgan fingerprint density at radius 3 is 1.31 bits per heavy atom. The summed E-state index contributed by atoms with van der Waals surface area (Å²) in [5, 5.41) is 0. The van der Waals surface area contributed by atoms with Gasteiger partial charge in [0, 0.05) is 12.8 Å². The maximum atomic E-state index is 12.4. The number of carbonyl (C=O) groups is 2. The average molecular weight is 703 g/mol. The van der Waals surface area contributed by atoms with Gasteiger partial charge in [0.1, 0.15) is 6.61 Å². The number of esters is 2. The average Bonchev–Trinajstić information content (AvgIpc) is 3.05. The van der Waals surface area contributed by atoms with E-state index in [1.54, 1.807) is 0 Å². The molecule has 0 unspecified atom stereocenters. The van der Waals surface area contributed by atoms with Crippen molar-refractivity contribution in [2.75, 3.05) is 13.2 Å². The van der Waals surface area contributed by atoms with E-state index in [0.717, 1.165) is 51.4 Å². The smallest absolute Gasteiger partial charge is 0.462 e. The monoisotopic (exact) mass is 703 g/mol. The van der Waals surface area contributed by atoms with Crippen LogP contribution in [0, 0.1) is 0 Å². The van der Waals surface area contributed by atoms with Crippen molar-refractivity contribution >= 4 is 19.8 Å². The summed E-state index contributed by atoms with van der Waals surface area (Å²) in [6.07, 6.45) is 37.9. The van der Waals surface area contributed by atoms with Gasteiger partial charge in [-0.3, -0.25) is 14.1 Å². The predicted octanol–water partition coefficient (Wildman–Crippen LogP) is 11.8. The van der Waals surface area contributed by atoms with Crippen molar-refractivity contribution in [1.82, 2.24) is 0 Å². The number of unbranched alkanes of at least 4 members (excludes halogenated alkanes) is 25. The van der Waals surface area contributed by atoms with Crippen molar-refractivity contribution < 1.29 is 37.9 Å². The van der Waals surface area contributed by atoms with Crippen LogP contribution < -0.4 is 0 Å². The molecule has 0 aromatic heterocycles. The predicted molar refractivity (Wildman–Crippen MR) is 198 cm³/mol. The lowest BCUT2D eigenvalue weighted by Gasteiger charge is -2.18. The highest BCUT2D eigenvalue weighted by molar-refractivity contribution is 7.46. The van der Waals surface area contributed by atoms with Crippen molar-refractivity contribution in [2.24, 2.45) is 0 Å². The summed E-state index contributed by atoms with van der Waals surface area (Å²) in [5.41, 5.74) is 0. The van der Waals surface area contributed by atoms with Gasteiger partial charge >= 0.3 is 19.8 Å². The van der Waals surface area contributed by atoms with E-state index in [0.29, 0.717) is 12.8 Å². The molecule has 0 aromatic rings. The third kappa shape index (κ3) is 37.6. The summed E-state index contributed by atoms with van der Waals surface area (Å²) in [4.78, 5) is 42.7. The number of phosphoric acid groups is 1.